The maximum atomic E-state index is 5.94. The van der Waals surface area contributed by atoms with E-state index in [2.05, 4.69) is 20.8 Å². The molecule has 1 aliphatic rings. The van der Waals surface area contributed by atoms with E-state index in [-0.39, 0.29) is 0 Å². The van der Waals surface area contributed by atoms with Crippen molar-refractivity contribution in [3.8, 4) is 0 Å². The van der Waals surface area contributed by atoms with E-state index < -0.39 is 0 Å². The van der Waals surface area contributed by atoms with Crippen molar-refractivity contribution in [3.63, 3.8) is 0 Å². The van der Waals surface area contributed by atoms with Gasteiger partial charge < -0.3 is 5.73 Å². The number of nitrogens with two attached hydrogens (primary N) is 1. The average molecular weight is 197 g/mol. The summed E-state index contributed by atoms with van der Waals surface area (Å²) in [5, 5.41) is 0. The molecular weight excluding hydrogens is 170 g/mol. The van der Waals surface area contributed by atoms with Gasteiger partial charge in [-0.15, -0.1) is 0 Å². The number of rotatable bonds is 4. The summed E-state index contributed by atoms with van der Waals surface area (Å²) in [6.07, 6.45) is 9.32. The second-order valence-electron chi connectivity index (χ2n) is 5.70. The van der Waals surface area contributed by atoms with Crippen LogP contribution in [0.1, 0.15) is 65.7 Å². The van der Waals surface area contributed by atoms with Crippen LogP contribution in [0, 0.1) is 11.3 Å². The Bertz CT molecular complexity index is 155. The predicted octanol–water partition coefficient (Wildman–Crippen LogP) is 3.72. The molecule has 2 N–H and O–H groups in total. The Kier molecular flexibility index (Phi) is 4.43. The van der Waals surface area contributed by atoms with Crippen LogP contribution in [0.25, 0.3) is 0 Å². The van der Waals surface area contributed by atoms with Gasteiger partial charge in [-0.3, -0.25) is 0 Å². The highest BCUT2D eigenvalue weighted by atomic mass is 14.6. The molecule has 1 aliphatic carbocycles. The van der Waals surface area contributed by atoms with Gasteiger partial charge in [-0.05, 0) is 43.4 Å². The lowest BCUT2D eigenvalue weighted by Crippen LogP contribution is -2.33. The van der Waals surface area contributed by atoms with E-state index in [4.69, 9.17) is 5.73 Å². The molecule has 14 heavy (non-hydrogen) atoms. The minimum atomic E-state index is 0.494. The third-order valence-electron chi connectivity index (χ3n) is 4.05. The molecule has 0 aromatic rings. The normalized spacial score (nSPS) is 29.1. The van der Waals surface area contributed by atoms with Gasteiger partial charge in [-0.25, -0.2) is 0 Å². The molecule has 1 nitrogen and oxygen atoms in total. The number of hydrogen-bond acceptors (Lipinski definition) is 1. The highest BCUT2D eigenvalue weighted by molar-refractivity contribution is 4.84. The molecule has 84 valence electrons. The maximum Gasteiger partial charge on any atom is 0.00390 e. The summed E-state index contributed by atoms with van der Waals surface area (Å²) in [5.74, 6) is 0.925. The first-order valence-corrected chi connectivity index (χ1v) is 6.32. The van der Waals surface area contributed by atoms with Gasteiger partial charge in [-0.1, -0.05) is 33.6 Å². The average Bonchev–Trinajstić information content (AvgIpc) is 2.16. The molecule has 0 radical (unpaired) electrons. The molecule has 0 spiro atoms. The highest BCUT2D eigenvalue weighted by Crippen LogP contribution is 2.41. The van der Waals surface area contributed by atoms with Crippen LogP contribution in [-0.4, -0.2) is 6.04 Å². The van der Waals surface area contributed by atoms with Gasteiger partial charge in [0.2, 0.25) is 0 Å². The van der Waals surface area contributed by atoms with Gasteiger partial charge in [0.15, 0.2) is 0 Å². The number of unbranched alkanes of at least 4 members (excludes halogenated alkanes) is 1. The lowest BCUT2D eigenvalue weighted by Gasteiger charge is -2.38. The van der Waals surface area contributed by atoms with Gasteiger partial charge in [0.1, 0.15) is 0 Å². The van der Waals surface area contributed by atoms with Gasteiger partial charge in [0.05, 0.1) is 0 Å². The lowest BCUT2D eigenvalue weighted by molar-refractivity contribution is 0.135. The molecule has 0 aromatic heterocycles. The molecule has 0 aliphatic heterocycles. The summed E-state index contributed by atoms with van der Waals surface area (Å²) < 4.78 is 0. The first-order valence-electron chi connectivity index (χ1n) is 6.32. The standard InChI is InChI=1S/C13H27N/c1-4-5-10-13(2,3)11-6-8-12(14)9-7-11/h11-12H,4-10,14H2,1-3H3. The van der Waals surface area contributed by atoms with Crippen molar-refractivity contribution in [2.24, 2.45) is 17.1 Å². The highest BCUT2D eigenvalue weighted by Gasteiger charge is 2.31. The zero-order valence-corrected chi connectivity index (χ0v) is 10.2. The molecule has 0 aromatic carbocycles. The van der Waals surface area contributed by atoms with Crippen LogP contribution in [0.4, 0.5) is 0 Å². The van der Waals surface area contributed by atoms with Crippen molar-refractivity contribution >= 4 is 0 Å². The topological polar surface area (TPSA) is 26.0 Å². The molecule has 1 saturated carbocycles. The Balaban J connectivity index is 2.38. The van der Waals surface area contributed by atoms with Crippen LogP contribution >= 0.6 is 0 Å². The van der Waals surface area contributed by atoms with Crippen molar-refractivity contribution in [3.05, 3.63) is 0 Å². The lowest BCUT2D eigenvalue weighted by atomic mass is 9.68. The van der Waals surface area contributed by atoms with Crippen LogP contribution in [0.2, 0.25) is 0 Å². The van der Waals surface area contributed by atoms with E-state index in [0.717, 1.165) is 5.92 Å². The van der Waals surface area contributed by atoms with Crippen LogP contribution < -0.4 is 5.73 Å². The van der Waals surface area contributed by atoms with Gasteiger partial charge in [0.25, 0.3) is 0 Å². The summed E-state index contributed by atoms with van der Waals surface area (Å²) in [4.78, 5) is 0. The van der Waals surface area contributed by atoms with Crippen molar-refractivity contribution in [2.45, 2.75) is 71.8 Å². The van der Waals surface area contributed by atoms with Crippen LogP contribution in [0.15, 0.2) is 0 Å². The molecule has 0 saturated heterocycles. The summed E-state index contributed by atoms with van der Waals surface area (Å²) in [6, 6.07) is 0.494. The second kappa shape index (κ2) is 5.16. The third-order valence-corrected chi connectivity index (χ3v) is 4.05. The SMILES string of the molecule is CCCCC(C)(C)C1CCC(N)CC1. The summed E-state index contributed by atoms with van der Waals surface area (Å²) in [7, 11) is 0. The fourth-order valence-corrected chi connectivity index (χ4v) is 2.74. The summed E-state index contributed by atoms with van der Waals surface area (Å²) in [5.41, 5.74) is 6.49. The minimum absolute atomic E-state index is 0.494. The number of hydrogen-bond donors (Lipinski definition) is 1. The Morgan fingerprint density at radius 3 is 2.21 bits per heavy atom. The van der Waals surface area contributed by atoms with E-state index in [1.165, 1.54) is 44.9 Å². The Hall–Kier alpha value is -0.0400. The molecule has 1 rings (SSSR count). The van der Waals surface area contributed by atoms with Crippen LogP contribution in [0.3, 0.4) is 0 Å². The first kappa shape index (κ1) is 12.0. The Morgan fingerprint density at radius 2 is 1.71 bits per heavy atom. The molecule has 0 heterocycles. The molecule has 0 bridgehead atoms. The van der Waals surface area contributed by atoms with E-state index in [0.29, 0.717) is 11.5 Å². The van der Waals surface area contributed by atoms with Crippen molar-refractivity contribution < 1.29 is 0 Å². The third kappa shape index (κ3) is 3.27. The maximum absolute atomic E-state index is 5.94. The predicted molar refractivity (Wildman–Crippen MR) is 63.2 cm³/mol. The zero-order chi connectivity index (χ0) is 10.6. The molecule has 0 unspecified atom stereocenters. The first-order chi connectivity index (χ1) is 6.56. The van der Waals surface area contributed by atoms with Crippen LogP contribution in [0.5, 0.6) is 0 Å². The largest absolute Gasteiger partial charge is 0.328 e. The smallest absolute Gasteiger partial charge is 0.00390 e. The van der Waals surface area contributed by atoms with Crippen molar-refractivity contribution in [1.29, 1.82) is 0 Å². The van der Waals surface area contributed by atoms with Crippen molar-refractivity contribution in [1.82, 2.24) is 0 Å². The van der Waals surface area contributed by atoms with E-state index >= 15 is 0 Å². The monoisotopic (exact) mass is 197 g/mol. The molecule has 1 fully saturated rings. The minimum Gasteiger partial charge on any atom is -0.328 e. The molecule has 1 heteroatoms. The van der Waals surface area contributed by atoms with Gasteiger partial charge >= 0.3 is 0 Å². The Morgan fingerprint density at radius 1 is 1.14 bits per heavy atom. The molecule has 0 atom stereocenters. The molecular formula is C13H27N. The quantitative estimate of drug-likeness (QED) is 0.730. The van der Waals surface area contributed by atoms with E-state index in [1.807, 2.05) is 0 Å². The second-order valence-corrected chi connectivity index (χ2v) is 5.70. The Labute approximate surface area is 89.5 Å². The fourth-order valence-electron chi connectivity index (χ4n) is 2.74. The zero-order valence-electron chi connectivity index (χ0n) is 10.2. The van der Waals surface area contributed by atoms with Gasteiger partial charge in [0, 0.05) is 6.04 Å². The summed E-state index contributed by atoms with van der Waals surface area (Å²) >= 11 is 0. The van der Waals surface area contributed by atoms with Gasteiger partial charge in [-0.2, -0.15) is 0 Å². The fraction of sp³-hybridized carbons (Fsp3) is 1.00. The van der Waals surface area contributed by atoms with E-state index in [9.17, 15) is 0 Å². The van der Waals surface area contributed by atoms with Crippen molar-refractivity contribution in [2.75, 3.05) is 0 Å². The van der Waals surface area contributed by atoms with Crippen LogP contribution in [-0.2, 0) is 0 Å². The summed E-state index contributed by atoms with van der Waals surface area (Å²) in [6.45, 7) is 7.18. The molecule has 0 amide bonds. The van der Waals surface area contributed by atoms with E-state index in [1.54, 1.807) is 0 Å².